The molecule has 1 aromatic heterocycles. The van der Waals surface area contributed by atoms with E-state index in [0.717, 1.165) is 12.1 Å². The number of hydrogen-bond donors (Lipinski definition) is 1. The molecule has 0 aliphatic heterocycles. The SMILES string of the molecule is O=C(Nc1noc2cc(Cl)ccc12)c1ccc(F)cc1C(F)(F)F. The summed E-state index contributed by atoms with van der Waals surface area (Å²) < 4.78 is 57.0. The Morgan fingerprint density at radius 3 is 2.62 bits per heavy atom. The van der Waals surface area contributed by atoms with Gasteiger partial charge in [-0.2, -0.15) is 13.2 Å². The van der Waals surface area contributed by atoms with Crippen molar-refractivity contribution < 1.29 is 26.9 Å². The number of alkyl halides is 3. The normalized spacial score (nSPS) is 11.7. The molecule has 1 heterocycles. The predicted octanol–water partition coefficient (Wildman–Crippen LogP) is 4.89. The summed E-state index contributed by atoms with van der Waals surface area (Å²) in [6.07, 6.45) is -4.88. The minimum Gasteiger partial charge on any atom is -0.354 e. The van der Waals surface area contributed by atoms with Gasteiger partial charge in [-0.3, -0.25) is 4.79 Å². The van der Waals surface area contributed by atoms with Crippen LogP contribution in [0.1, 0.15) is 15.9 Å². The van der Waals surface area contributed by atoms with Crippen LogP contribution in [0.3, 0.4) is 0 Å². The van der Waals surface area contributed by atoms with E-state index in [1.807, 2.05) is 0 Å². The van der Waals surface area contributed by atoms with E-state index in [1.165, 1.54) is 18.2 Å². The van der Waals surface area contributed by atoms with Crippen molar-refractivity contribution in [1.82, 2.24) is 5.16 Å². The van der Waals surface area contributed by atoms with Crippen LogP contribution >= 0.6 is 11.6 Å². The lowest BCUT2D eigenvalue weighted by atomic mass is 10.1. The zero-order chi connectivity index (χ0) is 17.5. The van der Waals surface area contributed by atoms with Crippen LogP contribution < -0.4 is 5.32 Å². The molecule has 0 saturated heterocycles. The van der Waals surface area contributed by atoms with Gasteiger partial charge in [-0.1, -0.05) is 16.8 Å². The fraction of sp³-hybridized carbons (Fsp3) is 0.0667. The number of nitrogens with one attached hydrogen (secondary N) is 1. The molecule has 3 rings (SSSR count). The molecule has 0 spiro atoms. The van der Waals surface area contributed by atoms with Crippen molar-refractivity contribution in [1.29, 1.82) is 0 Å². The van der Waals surface area contributed by atoms with Crippen molar-refractivity contribution in [2.24, 2.45) is 0 Å². The zero-order valence-electron chi connectivity index (χ0n) is 11.6. The molecule has 24 heavy (non-hydrogen) atoms. The highest BCUT2D eigenvalue weighted by atomic mass is 35.5. The third-order valence-corrected chi connectivity index (χ3v) is 3.43. The molecule has 0 radical (unpaired) electrons. The minimum absolute atomic E-state index is 0.0656. The van der Waals surface area contributed by atoms with E-state index in [0.29, 0.717) is 10.4 Å². The molecular formula is C15H7ClF4N2O2. The molecule has 124 valence electrons. The molecule has 0 saturated carbocycles. The lowest BCUT2D eigenvalue weighted by molar-refractivity contribution is -0.138. The summed E-state index contributed by atoms with van der Waals surface area (Å²) in [7, 11) is 0. The molecule has 0 fully saturated rings. The second kappa shape index (κ2) is 5.79. The van der Waals surface area contributed by atoms with Gasteiger partial charge in [-0.05, 0) is 30.3 Å². The largest absolute Gasteiger partial charge is 0.417 e. The van der Waals surface area contributed by atoms with Crippen LogP contribution in [0.5, 0.6) is 0 Å². The van der Waals surface area contributed by atoms with Gasteiger partial charge in [0.25, 0.3) is 5.91 Å². The standard InChI is InChI=1S/C15H7ClF4N2O2/c16-7-1-3-10-12(5-7)24-22-13(10)21-14(23)9-4-2-8(17)6-11(9)15(18,19)20/h1-6H,(H,21,22,23). The lowest BCUT2D eigenvalue weighted by Gasteiger charge is -2.12. The smallest absolute Gasteiger partial charge is 0.354 e. The van der Waals surface area contributed by atoms with E-state index in [4.69, 9.17) is 16.1 Å². The molecule has 0 aliphatic rings. The van der Waals surface area contributed by atoms with E-state index in [-0.39, 0.29) is 17.5 Å². The van der Waals surface area contributed by atoms with E-state index < -0.39 is 29.0 Å². The number of hydrogen-bond acceptors (Lipinski definition) is 3. The van der Waals surface area contributed by atoms with Crippen molar-refractivity contribution in [3.8, 4) is 0 Å². The number of carbonyl (C=O) groups is 1. The Morgan fingerprint density at radius 1 is 1.17 bits per heavy atom. The molecular weight excluding hydrogens is 352 g/mol. The van der Waals surface area contributed by atoms with E-state index >= 15 is 0 Å². The highest BCUT2D eigenvalue weighted by molar-refractivity contribution is 6.31. The molecule has 2 aromatic carbocycles. The monoisotopic (exact) mass is 358 g/mol. The van der Waals surface area contributed by atoms with Gasteiger partial charge in [0.1, 0.15) is 5.82 Å². The van der Waals surface area contributed by atoms with Gasteiger partial charge in [0, 0.05) is 11.1 Å². The van der Waals surface area contributed by atoms with E-state index in [2.05, 4.69) is 10.5 Å². The van der Waals surface area contributed by atoms with Crippen LogP contribution in [-0.4, -0.2) is 11.1 Å². The van der Waals surface area contributed by atoms with Gasteiger partial charge in [0.05, 0.1) is 16.5 Å². The Hall–Kier alpha value is -2.61. The molecule has 3 aromatic rings. The summed E-state index contributed by atoms with van der Waals surface area (Å²) in [6, 6.07) is 6.24. The fourth-order valence-electron chi connectivity index (χ4n) is 2.13. The second-order valence-corrected chi connectivity index (χ2v) is 5.25. The molecule has 4 nitrogen and oxygen atoms in total. The first-order valence-electron chi connectivity index (χ1n) is 6.49. The maximum absolute atomic E-state index is 13.1. The summed E-state index contributed by atoms with van der Waals surface area (Å²) in [6.45, 7) is 0. The first-order chi connectivity index (χ1) is 11.3. The highest BCUT2D eigenvalue weighted by Gasteiger charge is 2.36. The summed E-state index contributed by atoms with van der Waals surface area (Å²) in [5.41, 5.74) is -1.85. The Bertz CT molecular complexity index is 937. The third kappa shape index (κ3) is 3.05. The van der Waals surface area contributed by atoms with Gasteiger partial charge in [-0.15, -0.1) is 0 Å². The summed E-state index contributed by atoms with van der Waals surface area (Å²) in [5, 5.41) is 6.55. The molecule has 0 bridgehead atoms. The number of carbonyl (C=O) groups excluding carboxylic acids is 1. The molecule has 1 N–H and O–H groups in total. The van der Waals surface area contributed by atoms with Crippen molar-refractivity contribution in [3.05, 3.63) is 58.4 Å². The number of aromatic nitrogens is 1. The fourth-order valence-corrected chi connectivity index (χ4v) is 2.29. The van der Waals surface area contributed by atoms with Gasteiger partial charge in [0.15, 0.2) is 11.4 Å². The highest BCUT2D eigenvalue weighted by Crippen LogP contribution is 2.33. The second-order valence-electron chi connectivity index (χ2n) is 4.81. The van der Waals surface area contributed by atoms with E-state index in [9.17, 15) is 22.4 Å². The molecule has 0 atom stereocenters. The molecule has 9 heteroatoms. The number of fused-ring (bicyclic) bond motifs is 1. The number of amides is 1. The Labute approximate surface area is 137 Å². The lowest BCUT2D eigenvalue weighted by Crippen LogP contribution is -2.19. The maximum atomic E-state index is 13.1. The average molecular weight is 359 g/mol. The van der Waals surface area contributed by atoms with Crippen molar-refractivity contribution in [2.45, 2.75) is 6.18 Å². The van der Waals surface area contributed by atoms with Crippen LogP contribution in [-0.2, 0) is 6.18 Å². The Morgan fingerprint density at radius 2 is 1.92 bits per heavy atom. The predicted molar refractivity (Wildman–Crippen MR) is 78.4 cm³/mol. The average Bonchev–Trinajstić information content (AvgIpc) is 2.88. The molecule has 0 aliphatic carbocycles. The summed E-state index contributed by atoms with van der Waals surface area (Å²) in [5.74, 6) is -2.25. The Balaban J connectivity index is 1.98. The van der Waals surface area contributed by atoms with Gasteiger partial charge in [0.2, 0.25) is 0 Å². The van der Waals surface area contributed by atoms with Crippen molar-refractivity contribution >= 4 is 34.3 Å². The number of anilines is 1. The first-order valence-corrected chi connectivity index (χ1v) is 6.86. The van der Waals surface area contributed by atoms with Gasteiger partial charge in [-0.25, -0.2) is 4.39 Å². The first kappa shape index (κ1) is 16.3. The maximum Gasteiger partial charge on any atom is 0.417 e. The number of halogens is 5. The van der Waals surface area contributed by atoms with Crippen LogP contribution in [0.25, 0.3) is 11.0 Å². The van der Waals surface area contributed by atoms with Crippen LogP contribution in [0.4, 0.5) is 23.4 Å². The van der Waals surface area contributed by atoms with Crippen molar-refractivity contribution in [2.75, 3.05) is 5.32 Å². The topological polar surface area (TPSA) is 55.1 Å². The number of nitrogens with zero attached hydrogens (tertiary/aromatic N) is 1. The Kier molecular flexibility index (Phi) is 3.92. The minimum atomic E-state index is -4.88. The third-order valence-electron chi connectivity index (χ3n) is 3.20. The van der Waals surface area contributed by atoms with Crippen LogP contribution in [0, 0.1) is 5.82 Å². The molecule has 1 amide bonds. The number of benzene rings is 2. The quantitative estimate of drug-likeness (QED) is 0.663. The van der Waals surface area contributed by atoms with Gasteiger partial charge >= 0.3 is 6.18 Å². The summed E-state index contributed by atoms with van der Waals surface area (Å²) >= 11 is 5.78. The summed E-state index contributed by atoms with van der Waals surface area (Å²) in [4.78, 5) is 12.2. The number of rotatable bonds is 2. The van der Waals surface area contributed by atoms with Crippen molar-refractivity contribution in [3.63, 3.8) is 0 Å². The van der Waals surface area contributed by atoms with Gasteiger partial charge < -0.3 is 9.84 Å². The molecule has 0 unspecified atom stereocenters. The zero-order valence-corrected chi connectivity index (χ0v) is 12.4. The van der Waals surface area contributed by atoms with Crippen LogP contribution in [0.2, 0.25) is 5.02 Å². The van der Waals surface area contributed by atoms with E-state index in [1.54, 1.807) is 0 Å². The van der Waals surface area contributed by atoms with Crippen LogP contribution in [0.15, 0.2) is 40.9 Å².